The van der Waals surface area contributed by atoms with E-state index in [1.165, 1.54) is 10.9 Å². The lowest BCUT2D eigenvalue weighted by Crippen LogP contribution is -2.26. The topological polar surface area (TPSA) is 73.2 Å². The number of anilines is 1. The molecule has 6 nitrogen and oxygen atoms in total. The number of benzene rings is 2. The van der Waals surface area contributed by atoms with Crippen LogP contribution in [-0.4, -0.2) is 22.3 Å². The van der Waals surface area contributed by atoms with Gasteiger partial charge in [-0.2, -0.15) is 5.10 Å². The van der Waals surface area contributed by atoms with Gasteiger partial charge < -0.3 is 10.1 Å². The number of carbonyl (C=O) groups excluding carboxylic acids is 1. The van der Waals surface area contributed by atoms with E-state index in [1.807, 2.05) is 36.4 Å². The quantitative estimate of drug-likeness (QED) is 0.496. The molecular formula is C19H16BrN3O3. The van der Waals surface area contributed by atoms with E-state index in [2.05, 4.69) is 26.3 Å². The van der Waals surface area contributed by atoms with Crippen molar-refractivity contribution < 1.29 is 9.53 Å². The molecule has 0 amide bonds. The van der Waals surface area contributed by atoms with E-state index in [9.17, 15) is 9.59 Å². The summed E-state index contributed by atoms with van der Waals surface area (Å²) in [7, 11) is 0. The molecule has 1 aromatic heterocycles. The fourth-order valence-corrected chi connectivity index (χ4v) is 2.73. The van der Waals surface area contributed by atoms with Crippen LogP contribution in [0.5, 0.6) is 5.75 Å². The zero-order valence-electron chi connectivity index (χ0n) is 13.8. The summed E-state index contributed by atoms with van der Waals surface area (Å²) in [5, 5.41) is 7.02. The van der Waals surface area contributed by atoms with Gasteiger partial charge in [0.2, 0.25) is 0 Å². The Balaban J connectivity index is 1.65. The van der Waals surface area contributed by atoms with Gasteiger partial charge in [-0.05, 0) is 33.6 Å². The zero-order valence-corrected chi connectivity index (χ0v) is 15.3. The molecule has 0 aliphatic rings. The van der Waals surface area contributed by atoms with Gasteiger partial charge in [0.15, 0.2) is 0 Å². The molecule has 0 saturated carbocycles. The van der Waals surface area contributed by atoms with Crippen LogP contribution in [0, 0.1) is 0 Å². The van der Waals surface area contributed by atoms with E-state index in [-0.39, 0.29) is 12.1 Å². The molecule has 3 rings (SSSR count). The van der Waals surface area contributed by atoms with Gasteiger partial charge in [0.1, 0.15) is 16.8 Å². The normalized spacial score (nSPS) is 10.3. The van der Waals surface area contributed by atoms with Crippen molar-refractivity contribution in [1.82, 2.24) is 9.78 Å². The van der Waals surface area contributed by atoms with Crippen molar-refractivity contribution in [3.05, 3.63) is 87.3 Å². The largest absolute Gasteiger partial charge is 0.425 e. The molecule has 0 radical (unpaired) electrons. The molecule has 0 bridgehead atoms. The molecule has 0 spiro atoms. The molecule has 2 aromatic carbocycles. The number of halogens is 1. The van der Waals surface area contributed by atoms with Crippen LogP contribution in [0.4, 0.5) is 5.69 Å². The third-order valence-electron chi connectivity index (χ3n) is 3.56. The summed E-state index contributed by atoms with van der Waals surface area (Å²) < 4.78 is 6.86. The number of nitrogens with zero attached hydrogens (tertiary/aromatic N) is 2. The number of hydrogen-bond donors (Lipinski definition) is 1. The van der Waals surface area contributed by atoms with Crippen molar-refractivity contribution in [3.63, 3.8) is 0 Å². The van der Waals surface area contributed by atoms with E-state index in [0.717, 1.165) is 5.56 Å². The highest BCUT2D eigenvalue weighted by Crippen LogP contribution is 2.16. The highest BCUT2D eigenvalue weighted by Gasteiger charge is 2.11. The molecular weight excluding hydrogens is 398 g/mol. The number of carbonyl (C=O) groups is 1. The van der Waals surface area contributed by atoms with Crippen molar-refractivity contribution in [2.75, 3.05) is 11.9 Å². The maximum Gasteiger partial charge on any atom is 0.330 e. The van der Waals surface area contributed by atoms with Crippen molar-refractivity contribution in [3.8, 4) is 5.75 Å². The first-order valence-corrected chi connectivity index (χ1v) is 8.72. The first-order chi connectivity index (χ1) is 12.6. The number of ether oxygens (including phenoxy) is 1. The number of para-hydroxylation sites is 1. The second-order valence-electron chi connectivity index (χ2n) is 5.46. The standard InChI is InChI=1S/C19H16BrN3O3/c20-18-16(21-12-17(24)26-15-9-5-2-6-10-15)11-22-23(19(18)25)13-14-7-3-1-4-8-14/h1-11,21H,12-13H2. The third-order valence-corrected chi connectivity index (χ3v) is 4.32. The lowest BCUT2D eigenvalue weighted by Gasteiger charge is -2.10. The molecule has 26 heavy (non-hydrogen) atoms. The molecule has 3 aromatic rings. The number of hydrogen-bond acceptors (Lipinski definition) is 5. The van der Waals surface area contributed by atoms with Crippen molar-refractivity contribution in [2.24, 2.45) is 0 Å². The predicted molar refractivity (Wildman–Crippen MR) is 102 cm³/mol. The second kappa shape index (κ2) is 8.44. The van der Waals surface area contributed by atoms with Gasteiger partial charge in [-0.25, -0.2) is 9.48 Å². The molecule has 0 aliphatic carbocycles. The Labute approximate surface area is 158 Å². The highest BCUT2D eigenvalue weighted by atomic mass is 79.9. The molecule has 0 aliphatic heterocycles. The molecule has 132 valence electrons. The van der Waals surface area contributed by atoms with Crippen molar-refractivity contribution >= 4 is 27.6 Å². The highest BCUT2D eigenvalue weighted by molar-refractivity contribution is 9.10. The summed E-state index contributed by atoms with van der Waals surface area (Å²) in [5.41, 5.74) is 1.13. The first-order valence-electron chi connectivity index (χ1n) is 7.92. The molecule has 7 heteroatoms. The zero-order chi connectivity index (χ0) is 18.4. The lowest BCUT2D eigenvalue weighted by molar-refractivity contribution is -0.132. The molecule has 0 unspecified atom stereocenters. The Hall–Kier alpha value is -2.93. The summed E-state index contributed by atoms with van der Waals surface area (Å²) in [4.78, 5) is 24.3. The Bertz CT molecular complexity index is 943. The van der Waals surface area contributed by atoms with Crippen LogP contribution in [0.1, 0.15) is 5.56 Å². The summed E-state index contributed by atoms with van der Waals surface area (Å²) in [5.74, 6) is 0.00586. The Morgan fingerprint density at radius 1 is 1.08 bits per heavy atom. The second-order valence-corrected chi connectivity index (χ2v) is 6.25. The molecule has 1 N–H and O–H groups in total. The van der Waals surface area contributed by atoms with Gasteiger partial charge in [-0.3, -0.25) is 4.79 Å². The minimum atomic E-state index is -0.462. The van der Waals surface area contributed by atoms with Gasteiger partial charge in [-0.15, -0.1) is 0 Å². The average molecular weight is 414 g/mol. The minimum absolute atomic E-state index is 0.0860. The van der Waals surface area contributed by atoms with Crippen LogP contribution in [0.15, 0.2) is 76.1 Å². The van der Waals surface area contributed by atoms with Crippen LogP contribution < -0.4 is 15.6 Å². The van der Waals surface area contributed by atoms with Crippen LogP contribution >= 0.6 is 15.9 Å². The predicted octanol–water partition coefficient (Wildman–Crippen LogP) is 3.07. The van der Waals surface area contributed by atoms with Gasteiger partial charge >= 0.3 is 5.97 Å². The lowest BCUT2D eigenvalue weighted by atomic mass is 10.2. The smallest absolute Gasteiger partial charge is 0.330 e. The number of nitrogens with one attached hydrogen (secondary N) is 1. The third kappa shape index (κ3) is 4.58. The average Bonchev–Trinajstić information content (AvgIpc) is 2.66. The van der Waals surface area contributed by atoms with Crippen LogP contribution in [-0.2, 0) is 11.3 Å². The molecule has 0 fully saturated rings. The maximum absolute atomic E-state index is 12.4. The molecule has 0 saturated heterocycles. The first kappa shape index (κ1) is 17.9. The Morgan fingerprint density at radius 2 is 1.73 bits per heavy atom. The summed E-state index contributed by atoms with van der Waals surface area (Å²) in [6, 6.07) is 18.4. The van der Waals surface area contributed by atoms with Gasteiger partial charge in [0.05, 0.1) is 18.4 Å². The fraction of sp³-hybridized carbons (Fsp3) is 0.105. The van der Waals surface area contributed by atoms with Gasteiger partial charge in [0, 0.05) is 0 Å². The number of aromatic nitrogens is 2. The van der Waals surface area contributed by atoms with E-state index in [1.54, 1.807) is 24.3 Å². The Kier molecular flexibility index (Phi) is 5.80. The van der Waals surface area contributed by atoms with Crippen LogP contribution in [0.2, 0.25) is 0 Å². The van der Waals surface area contributed by atoms with E-state index in [0.29, 0.717) is 22.5 Å². The van der Waals surface area contributed by atoms with Gasteiger partial charge in [-0.1, -0.05) is 48.5 Å². The number of esters is 1. The fourth-order valence-electron chi connectivity index (χ4n) is 2.28. The Morgan fingerprint density at radius 3 is 2.42 bits per heavy atom. The summed E-state index contributed by atoms with van der Waals surface area (Å²) >= 11 is 3.27. The van der Waals surface area contributed by atoms with Crippen molar-refractivity contribution in [1.29, 1.82) is 0 Å². The maximum atomic E-state index is 12.4. The van der Waals surface area contributed by atoms with Crippen LogP contribution in [0.25, 0.3) is 0 Å². The van der Waals surface area contributed by atoms with Crippen LogP contribution in [0.3, 0.4) is 0 Å². The summed E-state index contributed by atoms with van der Waals surface area (Å²) in [6.45, 7) is 0.284. The minimum Gasteiger partial charge on any atom is -0.425 e. The SMILES string of the molecule is O=C(CNc1cnn(Cc2ccccc2)c(=O)c1Br)Oc1ccccc1. The van der Waals surface area contributed by atoms with Gasteiger partial charge in [0.25, 0.3) is 5.56 Å². The molecule has 0 atom stereocenters. The monoisotopic (exact) mass is 413 g/mol. The molecule has 1 heterocycles. The van der Waals surface area contributed by atoms with Crippen molar-refractivity contribution in [2.45, 2.75) is 6.54 Å². The van der Waals surface area contributed by atoms with E-state index >= 15 is 0 Å². The van der Waals surface area contributed by atoms with E-state index in [4.69, 9.17) is 4.74 Å². The van der Waals surface area contributed by atoms with E-state index < -0.39 is 5.97 Å². The summed E-state index contributed by atoms with van der Waals surface area (Å²) in [6.07, 6.45) is 1.50. The number of rotatable bonds is 6.